The summed E-state index contributed by atoms with van der Waals surface area (Å²) in [6, 6.07) is 4.38. The van der Waals surface area contributed by atoms with Gasteiger partial charge in [0.05, 0.1) is 20.8 Å². The van der Waals surface area contributed by atoms with E-state index in [1.807, 2.05) is 6.07 Å². The molecule has 1 aliphatic rings. The first-order chi connectivity index (χ1) is 8.80. The monoisotopic (exact) mass is 251 g/mol. The molecule has 1 unspecified atom stereocenters. The van der Waals surface area contributed by atoms with Crippen LogP contribution in [0.25, 0.3) is 0 Å². The Hall–Kier alpha value is -1.26. The molecular weight excluding hydrogens is 230 g/mol. The predicted octanol–water partition coefficient (Wildman–Crippen LogP) is 2.27. The van der Waals surface area contributed by atoms with E-state index in [4.69, 9.17) is 14.2 Å². The van der Waals surface area contributed by atoms with E-state index in [2.05, 4.69) is 11.4 Å². The topological polar surface area (TPSA) is 39.7 Å². The van der Waals surface area contributed by atoms with Gasteiger partial charge < -0.3 is 19.5 Å². The van der Waals surface area contributed by atoms with E-state index in [0.29, 0.717) is 12.6 Å². The third-order valence-electron chi connectivity index (χ3n) is 3.34. The van der Waals surface area contributed by atoms with E-state index in [1.165, 1.54) is 12.0 Å². The highest BCUT2D eigenvalue weighted by Gasteiger charge is 2.22. The van der Waals surface area contributed by atoms with Crippen LogP contribution in [0.4, 0.5) is 0 Å². The van der Waals surface area contributed by atoms with Crippen LogP contribution in [0.1, 0.15) is 30.0 Å². The van der Waals surface area contributed by atoms with Gasteiger partial charge in [-0.15, -0.1) is 0 Å². The maximum Gasteiger partial charge on any atom is 0.129 e. The summed E-state index contributed by atoms with van der Waals surface area (Å²) in [4.78, 5) is 0. The zero-order valence-electron chi connectivity index (χ0n) is 11.3. The number of methoxy groups -OCH3 is 3. The standard InChI is InChI=1S/C14H21NO3/c1-16-9-10-7-11(17-2)8-12(14(10)18-3)13-5-4-6-15-13/h7-8,13,15H,4-6,9H2,1-3H3. The Morgan fingerprint density at radius 2 is 2.06 bits per heavy atom. The largest absolute Gasteiger partial charge is 0.497 e. The first kappa shape index (κ1) is 13.2. The maximum absolute atomic E-state index is 5.57. The minimum Gasteiger partial charge on any atom is -0.497 e. The lowest BCUT2D eigenvalue weighted by Gasteiger charge is -2.19. The lowest BCUT2D eigenvalue weighted by atomic mass is 10.0. The van der Waals surface area contributed by atoms with Gasteiger partial charge >= 0.3 is 0 Å². The molecule has 1 atom stereocenters. The Kier molecular flexibility index (Phi) is 4.44. The zero-order chi connectivity index (χ0) is 13.0. The van der Waals surface area contributed by atoms with Crippen molar-refractivity contribution in [3.8, 4) is 11.5 Å². The van der Waals surface area contributed by atoms with Crippen LogP contribution in [-0.4, -0.2) is 27.9 Å². The van der Waals surface area contributed by atoms with E-state index in [9.17, 15) is 0 Å². The summed E-state index contributed by atoms with van der Waals surface area (Å²) in [6.07, 6.45) is 2.33. The third kappa shape index (κ3) is 2.60. The Balaban J connectivity index is 2.43. The van der Waals surface area contributed by atoms with Gasteiger partial charge in [-0.3, -0.25) is 0 Å². The molecule has 0 saturated carbocycles. The van der Waals surface area contributed by atoms with E-state index < -0.39 is 0 Å². The second kappa shape index (κ2) is 6.07. The van der Waals surface area contributed by atoms with E-state index in [1.54, 1.807) is 21.3 Å². The van der Waals surface area contributed by atoms with E-state index in [0.717, 1.165) is 30.0 Å². The minimum atomic E-state index is 0.352. The van der Waals surface area contributed by atoms with Crippen LogP contribution in [0, 0.1) is 0 Å². The summed E-state index contributed by atoms with van der Waals surface area (Å²) in [7, 11) is 5.08. The molecule has 18 heavy (non-hydrogen) atoms. The molecule has 1 N–H and O–H groups in total. The van der Waals surface area contributed by atoms with Crippen LogP contribution in [-0.2, 0) is 11.3 Å². The fourth-order valence-electron chi connectivity index (χ4n) is 2.52. The molecule has 0 amide bonds. The molecule has 0 aromatic heterocycles. The van der Waals surface area contributed by atoms with Gasteiger partial charge in [0.15, 0.2) is 0 Å². The molecule has 0 aliphatic carbocycles. The smallest absolute Gasteiger partial charge is 0.129 e. The van der Waals surface area contributed by atoms with Crippen molar-refractivity contribution in [3.63, 3.8) is 0 Å². The highest BCUT2D eigenvalue weighted by molar-refractivity contribution is 5.49. The minimum absolute atomic E-state index is 0.352. The summed E-state index contributed by atoms with van der Waals surface area (Å²) in [5.74, 6) is 1.77. The van der Waals surface area contributed by atoms with Crippen molar-refractivity contribution in [2.75, 3.05) is 27.9 Å². The van der Waals surface area contributed by atoms with E-state index in [-0.39, 0.29) is 0 Å². The van der Waals surface area contributed by atoms with Crippen molar-refractivity contribution >= 4 is 0 Å². The van der Waals surface area contributed by atoms with Gasteiger partial charge in [0.25, 0.3) is 0 Å². The van der Waals surface area contributed by atoms with Crippen LogP contribution in [0.15, 0.2) is 12.1 Å². The Morgan fingerprint density at radius 1 is 1.22 bits per heavy atom. The first-order valence-corrected chi connectivity index (χ1v) is 6.27. The summed E-state index contributed by atoms with van der Waals surface area (Å²) >= 11 is 0. The van der Waals surface area contributed by atoms with Gasteiger partial charge in [-0.05, 0) is 31.5 Å². The molecule has 100 valence electrons. The first-order valence-electron chi connectivity index (χ1n) is 6.27. The van der Waals surface area contributed by atoms with Gasteiger partial charge in [0.2, 0.25) is 0 Å². The zero-order valence-corrected chi connectivity index (χ0v) is 11.3. The second-order valence-electron chi connectivity index (χ2n) is 4.49. The van der Waals surface area contributed by atoms with Gasteiger partial charge in [-0.1, -0.05) is 0 Å². The van der Waals surface area contributed by atoms with Crippen molar-refractivity contribution in [3.05, 3.63) is 23.3 Å². The molecular formula is C14H21NO3. The molecule has 1 aromatic rings. The summed E-state index contributed by atoms with van der Waals surface area (Å²) in [5.41, 5.74) is 2.20. The van der Waals surface area contributed by atoms with Gasteiger partial charge in [-0.25, -0.2) is 0 Å². The maximum atomic E-state index is 5.57. The summed E-state index contributed by atoms with van der Waals surface area (Å²) in [6.45, 7) is 1.59. The molecule has 0 spiro atoms. The fourth-order valence-corrected chi connectivity index (χ4v) is 2.52. The molecule has 1 aromatic carbocycles. The number of rotatable bonds is 5. The average Bonchev–Trinajstić information content (AvgIpc) is 2.92. The number of nitrogens with one attached hydrogen (secondary N) is 1. The molecule has 1 heterocycles. The molecule has 1 fully saturated rings. The Labute approximate surface area is 108 Å². The molecule has 4 heteroatoms. The fraction of sp³-hybridized carbons (Fsp3) is 0.571. The lowest BCUT2D eigenvalue weighted by molar-refractivity contribution is 0.181. The lowest BCUT2D eigenvalue weighted by Crippen LogP contribution is -2.15. The number of hydrogen-bond acceptors (Lipinski definition) is 4. The molecule has 4 nitrogen and oxygen atoms in total. The van der Waals surface area contributed by atoms with Gasteiger partial charge in [0.1, 0.15) is 11.5 Å². The molecule has 2 rings (SSSR count). The number of benzene rings is 1. The number of ether oxygens (including phenoxy) is 3. The average molecular weight is 251 g/mol. The van der Waals surface area contributed by atoms with Crippen molar-refractivity contribution in [1.29, 1.82) is 0 Å². The quantitative estimate of drug-likeness (QED) is 0.871. The van der Waals surface area contributed by atoms with Crippen molar-refractivity contribution in [2.24, 2.45) is 0 Å². The Morgan fingerprint density at radius 3 is 2.61 bits per heavy atom. The molecule has 1 saturated heterocycles. The van der Waals surface area contributed by atoms with Gasteiger partial charge in [-0.2, -0.15) is 0 Å². The van der Waals surface area contributed by atoms with Gasteiger partial charge in [0, 0.05) is 24.3 Å². The normalized spacial score (nSPS) is 18.9. The molecule has 0 bridgehead atoms. The van der Waals surface area contributed by atoms with Crippen molar-refractivity contribution in [2.45, 2.75) is 25.5 Å². The molecule has 0 radical (unpaired) electrons. The highest BCUT2D eigenvalue weighted by Crippen LogP contribution is 2.37. The van der Waals surface area contributed by atoms with Crippen molar-refractivity contribution < 1.29 is 14.2 Å². The Bertz CT molecular complexity index is 400. The van der Waals surface area contributed by atoms with Crippen LogP contribution < -0.4 is 14.8 Å². The highest BCUT2D eigenvalue weighted by atomic mass is 16.5. The SMILES string of the molecule is COCc1cc(OC)cc(C2CCCN2)c1OC. The summed E-state index contributed by atoms with van der Waals surface area (Å²) in [5, 5.41) is 3.49. The second-order valence-corrected chi connectivity index (χ2v) is 4.49. The third-order valence-corrected chi connectivity index (χ3v) is 3.34. The molecule has 1 aliphatic heterocycles. The van der Waals surface area contributed by atoms with Crippen LogP contribution >= 0.6 is 0 Å². The predicted molar refractivity (Wildman–Crippen MR) is 70.2 cm³/mol. The van der Waals surface area contributed by atoms with Crippen LogP contribution in [0.2, 0.25) is 0 Å². The van der Waals surface area contributed by atoms with Crippen LogP contribution in [0.3, 0.4) is 0 Å². The van der Waals surface area contributed by atoms with Crippen molar-refractivity contribution in [1.82, 2.24) is 5.32 Å². The summed E-state index contributed by atoms with van der Waals surface area (Å²) < 4.78 is 16.2. The van der Waals surface area contributed by atoms with E-state index >= 15 is 0 Å². The van der Waals surface area contributed by atoms with Crippen LogP contribution in [0.5, 0.6) is 11.5 Å². The number of hydrogen-bond donors (Lipinski definition) is 1.